The highest BCUT2D eigenvalue weighted by Crippen LogP contribution is 2.18. The van der Waals surface area contributed by atoms with Crippen molar-refractivity contribution in [3.8, 4) is 0 Å². The normalized spacial score (nSPS) is 15.8. The number of nitrogens with one attached hydrogen (secondary N) is 1. The molecule has 1 fully saturated rings. The molecule has 5 nitrogen and oxygen atoms in total. The lowest BCUT2D eigenvalue weighted by molar-refractivity contribution is -0.131. The Balaban J connectivity index is 1.87. The Labute approximate surface area is 126 Å². The van der Waals surface area contributed by atoms with Crippen molar-refractivity contribution in [1.82, 2.24) is 10.2 Å². The molecule has 1 heterocycles. The van der Waals surface area contributed by atoms with Gasteiger partial charge >= 0.3 is 6.09 Å². The van der Waals surface area contributed by atoms with Crippen LogP contribution in [0.15, 0.2) is 18.2 Å². The fourth-order valence-corrected chi connectivity index (χ4v) is 2.59. The van der Waals surface area contributed by atoms with E-state index >= 15 is 0 Å². The molecule has 1 saturated heterocycles. The van der Waals surface area contributed by atoms with Gasteiger partial charge in [-0.3, -0.25) is 4.79 Å². The van der Waals surface area contributed by atoms with E-state index in [-0.39, 0.29) is 23.4 Å². The smallest absolute Gasteiger partial charge is 0.404 e. The molecule has 2 amide bonds. The van der Waals surface area contributed by atoms with E-state index in [1.165, 1.54) is 18.2 Å². The van der Waals surface area contributed by atoms with Gasteiger partial charge in [0, 0.05) is 19.1 Å². The monoisotopic (exact) mass is 314 g/mol. The highest BCUT2D eigenvalue weighted by molar-refractivity contribution is 6.30. The van der Waals surface area contributed by atoms with Gasteiger partial charge in [0.2, 0.25) is 5.91 Å². The number of carbonyl (C=O) groups excluding carboxylic acids is 1. The molecule has 0 atom stereocenters. The Morgan fingerprint density at radius 3 is 2.62 bits per heavy atom. The highest BCUT2D eigenvalue weighted by atomic mass is 35.5. The third kappa shape index (κ3) is 4.32. The van der Waals surface area contributed by atoms with Gasteiger partial charge in [-0.05, 0) is 30.5 Å². The second-order valence-electron chi connectivity index (χ2n) is 5.03. The fraction of sp³-hybridized carbons (Fsp3) is 0.429. The van der Waals surface area contributed by atoms with Gasteiger partial charge in [-0.25, -0.2) is 9.18 Å². The minimum absolute atomic E-state index is 0.00432. The van der Waals surface area contributed by atoms with Crippen LogP contribution in [0.25, 0.3) is 0 Å². The summed E-state index contributed by atoms with van der Waals surface area (Å²) in [5.41, 5.74) is 0.664. The largest absolute Gasteiger partial charge is 0.465 e. The number of halogens is 2. The van der Waals surface area contributed by atoms with Crippen LogP contribution in [0.4, 0.5) is 9.18 Å². The van der Waals surface area contributed by atoms with Crippen LogP contribution in [0.1, 0.15) is 18.4 Å². The number of carbonyl (C=O) groups is 2. The number of benzene rings is 1. The van der Waals surface area contributed by atoms with Crippen LogP contribution in [0.3, 0.4) is 0 Å². The molecule has 1 aromatic carbocycles. The van der Waals surface area contributed by atoms with Gasteiger partial charge in [-0.1, -0.05) is 17.7 Å². The molecule has 0 aliphatic carbocycles. The summed E-state index contributed by atoms with van der Waals surface area (Å²) in [6.45, 7) is 1.03. The number of nitrogens with zero attached hydrogens (tertiary/aromatic N) is 1. The van der Waals surface area contributed by atoms with Crippen LogP contribution >= 0.6 is 11.6 Å². The zero-order valence-electron chi connectivity index (χ0n) is 11.3. The Hall–Kier alpha value is -1.82. The molecule has 0 aromatic heterocycles. The fourth-order valence-electron chi connectivity index (χ4n) is 2.38. The first-order chi connectivity index (χ1) is 9.95. The van der Waals surface area contributed by atoms with Crippen LogP contribution in [0.5, 0.6) is 0 Å². The molecule has 2 N–H and O–H groups in total. The summed E-state index contributed by atoms with van der Waals surface area (Å²) in [5.74, 6) is -0.570. The van der Waals surface area contributed by atoms with E-state index in [4.69, 9.17) is 16.7 Å². The maximum atomic E-state index is 13.1. The van der Waals surface area contributed by atoms with E-state index in [1.54, 1.807) is 4.90 Å². The van der Waals surface area contributed by atoms with Crippen molar-refractivity contribution in [2.24, 2.45) is 0 Å². The van der Waals surface area contributed by atoms with E-state index in [1.807, 2.05) is 0 Å². The van der Waals surface area contributed by atoms with Gasteiger partial charge in [-0.15, -0.1) is 0 Å². The topological polar surface area (TPSA) is 69.6 Å². The second kappa shape index (κ2) is 6.76. The number of hydrogen-bond donors (Lipinski definition) is 2. The quantitative estimate of drug-likeness (QED) is 0.899. The van der Waals surface area contributed by atoms with Crippen molar-refractivity contribution >= 4 is 23.6 Å². The molecular weight excluding hydrogens is 299 g/mol. The minimum Gasteiger partial charge on any atom is -0.465 e. The molecule has 0 spiro atoms. The Kier molecular flexibility index (Phi) is 5.01. The molecular formula is C14H16ClFN2O3. The van der Waals surface area contributed by atoms with Gasteiger partial charge in [0.25, 0.3) is 0 Å². The summed E-state index contributed by atoms with van der Waals surface area (Å²) in [4.78, 5) is 24.4. The summed E-state index contributed by atoms with van der Waals surface area (Å²) in [6, 6.07) is 4.13. The summed E-state index contributed by atoms with van der Waals surface area (Å²) in [7, 11) is 0. The first kappa shape index (κ1) is 15.6. The third-order valence-corrected chi connectivity index (χ3v) is 3.80. The van der Waals surface area contributed by atoms with E-state index in [0.29, 0.717) is 31.5 Å². The maximum Gasteiger partial charge on any atom is 0.404 e. The van der Waals surface area contributed by atoms with Crippen molar-refractivity contribution in [3.05, 3.63) is 34.6 Å². The predicted molar refractivity (Wildman–Crippen MR) is 75.9 cm³/mol. The van der Waals surface area contributed by atoms with Crippen molar-refractivity contribution < 1.29 is 19.1 Å². The lowest BCUT2D eigenvalue weighted by atomic mass is 10.0. The van der Waals surface area contributed by atoms with E-state index in [2.05, 4.69) is 5.32 Å². The average molecular weight is 315 g/mol. The Morgan fingerprint density at radius 1 is 1.38 bits per heavy atom. The van der Waals surface area contributed by atoms with Gasteiger partial charge in [-0.2, -0.15) is 0 Å². The number of likely N-dealkylation sites (tertiary alicyclic amines) is 1. The third-order valence-electron chi connectivity index (χ3n) is 3.51. The standard InChI is InChI=1S/C14H16ClFN2O3/c15-11-7-9(1-2-12(11)16)8-13(19)18-5-3-10(4-6-18)17-14(20)21/h1-2,7,10,17H,3-6,8H2,(H,20,21). The summed E-state index contributed by atoms with van der Waals surface area (Å²) < 4.78 is 13.1. The minimum atomic E-state index is -1.04. The molecule has 21 heavy (non-hydrogen) atoms. The maximum absolute atomic E-state index is 13.1. The number of piperidine rings is 1. The number of amides is 2. The first-order valence-corrected chi connectivity index (χ1v) is 7.04. The molecule has 0 unspecified atom stereocenters. The molecule has 114 valence electrons. The zero-order chi connectivity index (χ0) is 15.4. The summed E-state index contributed by atoms with van der Waals surface area (Å²) in [5, 5.41) is 11.1. The van der Waals surface area contributed by atoms with Gasteiger partial charge in [0.1, 0.15) is 5.82 Å². The highest BCUT2D eigenvalue weighted by Gasteiger charge is 2.23. The van der Waals surface area contributed by atoms with Crippen molar-refractivity contribution in [2.75, 3.05) is 13.1 Å². The van der Waals surface area contributed by atoms with Crippen LogP contribution in [0.2, 0.25) is 5.02 Å². The van der Waals surface area contributed by atoms with Gasteiger partial charge < -0.3 is 15.3 Å². The lowest BCUT2D eigenvalue weighted by Crippen LogP contribution is -2.46. The van der Waals surface area contributed by atoms with Crippen LogP contribution < -0.4 is 5.32 Å². The molecule has 1 aliphatic rings. The van der Waals surface area contributed by atoms with Gasteiger partial charge in [0.15, 0.2) is 0 Å². The number of hydrogen-bond acceptors (Lipinski definition) is 2. The molecule has 1 aromatic rings. The first-order valence-electron chi connectivity index (χ1n) is 6.67. The Morgan fingerprint density at radius 2 is 2.05 bits per heavy atom. The number of rotatable bonds is 3. The summed E-state index contributed by atoms with van der Waals surface area (Å²) in [6.07, 6.45) is 0.322. The average Bonchev–Trinajstić information content (AvgIpc) is 2.43. The van der Waals surface area contributed by atoms with Gasteiger partial charge in [0.05, 0.1) is 11.4 Å². The predicted octanol–water partition coefficient (Wildman–Crippen LogP) is 2.28. The van der Waals surface area contributed by atoms with E-state index in [0.717, 1.165) is 0 Å². The van der Waals surface area contributed by atoms with Crippen molar-refractivity contribution in [1.29, 1.82) is 0 Å². The van der Waals surface area contributed by atoms with Crippen LogP contribution in [-0.4, -0.2) is 41.1 Å². The molecule has 7 heteroatoms. The summed E-state index contributed by atoms with van der Waals surface area (Å²) >= 11 is 5.69. The Bertz CT molecular complexity index is 545. The molecule has 0 saturated carbocycles. The molecule has 0 bridgehead atoms. The van der Waals surface area contributed by atoms with Crippen molar-refractivity contribution in [2.45, 2.75) is 25.3 Å². The van der Waals surface area contributed by atoms with E-state index < -0.39 is 11.9 Å². The molecule has 0 radical (unpaired) electrons. The molecule has 1 aliphatic heterocycles. The zero-order valence-corrected chi connectivity index (χ0v) is 12.1. The van der Waals surface area contributed by atoms with E-state index in [9.17, 15) is 14.0 Å². The SMILES string of the molecule is O=C(O)NC1CCN(C(=O)Cc2ccc(F)c(Cl)c2)CC1. The second-order valence-corrected chi connectivity index (χ2v) is 5.44. The van der Waals surface area contributed by atoms with Crippen LogP contribution in [-0.2, 0) is 11.2 Å². The molecule has 2 rings (SSSR count). The van der Waals surface area contributed by atoms with Crippen molar-refractivity contribution in [3.63, 3.8) is 0 Å². The van der Waals surface area contributed by atoms with Crippen LogP contribution in [0, 0.1) is 5.82 Å². The lowest BCUT2D eigenvalue weighted by Gasteiger charge is -2.32. The number of carboxylic acid groups (broad SMARTS) is 1.